The van der Waals surface area contributed by atoms with E-state index in [1.54, 1.807) is 12.1 Å². The number of rotatable bonds is 4. The molecular weight excluding hydrogens is 408 g/mol. The molecule has 0 unspecified atom stereocenters. The maximum Gasteiger partial charge on any atom is 0.270 e. The van der Waals surface area contributed by atoms with Gasteiger partial charge in [0, 0.05) is 21.4 Å². The highest BCUT2D eigenvalue weighted by Gasteiger charge is 2.23. The summed E-state index contributed by atoms with van der Waals surface area (Å²) in [6, 6.07) is 7.50. The van der Waals surface area contributed by atoms with Crippen molar-refractivity contribution in [1.29, 1.82) is 0 Å². The fraction of sp³-hybridized carbons (Fsp3) is 0.0909. The van der Waals surface area contributed by atoms with Crippen LogP contribution in [0.1, 0.15) is 5.56 Å². The topological polar surface area (TPSA) is 68.3 Å². The number of sulfone groups is 1. The Morgan fingerprint density at radius 2 is 1.80 bits per heavy atom. The summed E-state index contributed by atoms with van der Waals surface area (Å²) in [4.78, 5) is 0.0409. The molecular formula is C11H8BrClO4S3. The average Bonchev–Trinajstić information content (AvgIpc) is 2.89. The fourth-order valence-electron chi connectivity index (χ4n) is 1.50. The minimum Gasteiger partial charge on any atom is -0.218 e. The normalized spacial score (nSPS) is 12.5. The molecule has 108 valence electrons. The Hall–Kier alpha value is -0.410. The van der Waals surface area contributed by atoms with Crippen LogP contribution in [0.3, 0.4) is 0 Å². The molecule has 0 aliphatic heterocycles. The van der Waals surface area contributed by atoms with Crippen molar-refractivity contribution >= 4 is 56.8 Å². The Balaban J connectivity index is 2.52. The molecule has 0 aliphatic rings. The van der Waals surface area contributed by atoms with E-state index >= 15 is 0 Å². The van der Waals surface area contributed by atoms with Crippen molar-refractivity contribution in [3.8, 4) is 0 Å². The van der Waals surface area contributed by atoms with Crippen LogP contribution >= 0.6 is 37.9 Å². The number of alkyl halides is 1. The lowest BCUT2D eigenvalue weighted by atomic mass is 10.2. The first-order valence-corrected chi connectivity index (χ1v) is 11.0. The molecule has 1 heterocycles. The summed E-state index contributed by atoms with van der Waals surface area (Å²) >= 11 is 4.03. The molecule has 4 nitrogen and oxygen atoms in total. The Morgan fingerprint density at radius 1 is 1.10 bits per heavy atom. The minimum absolute atomic E-state index is 0.0755. The van der Waals surface area contributed by atoms with E-state index in [1.807, 2.05) is 0 Å². The van der Waals surface area contributed by atoms with Gasteiger partial charge in [0.1, 0.15) is 4.21 Å². The third-order valence-corrected chi connectivity index (χ3v) is 8.03. The van der Waals surface area contributed by atoms with E-state index in [2.05, 4.69) is 15.9 Å². The van der Waals surface area contributed by atoms with Gasteiger partial charge in [-0.2, -0.15) is 0 Å². The lowest BCUT2D eigenvalue weighted by Crippen LogP contribution is -2.01. The van der Waals surface area contributed by atoms with Gasteiger partial charge in [-0.25, -0.2) is 16.8 Å². The van der Waals surface area contributed by atoms with Crippen LogP contribution in [0.4, 0.5) is 0 Å². The molecule has 2 aromatic rings. The van der Waals surface area contributed by atoms with Crippen LogP contribution in [-0.2, 0) is 24.2 Å². The van der Waals surface area contributed by atoms with Crippen molar-refractivity contribution < 1.29 is 16.8 Å². The summed E-state index contributed by atoms with van der Waals surface area (Å²) in [5, 5.41) is 1.80. The van der Waals surface area contributed by atoms with Crippen molar-refractivity contribution in [3.63, 3.8) is 0 Å². The first kappa shape index (κ1) is 16.0. The molecule has 0 spiro atoms. The van der Waals surface area contributed by atoms with Crippen LogP contribution in [-0.4, -0.2) is 16.8 Å². The Labute approximate surface area is 133 Å². The number of hydrogen-bond acceptors (Lipinski definition) is 5. The Morgan fingerprint density at radius 3 is 2.35 bits per heavy atom. The van der Waals surface area contributed by atoms with E-state index in [0.29, 0.717) is 5.33 Å². The van der Waals surface area contributed by atoms with E-state index in [-0.39, 0.29) is 14.0 Å². The SMILES string of the molecule is O=S(=O)(Cl)c1cc(S(=O)(=O)c2cccc(CBr)c2)cs1. The molecule has 1 aromatic heterocycles. The molecule has 9 heteroatoms. The lowest BCUT2D eigenvalue weighted by molar-refractivity contribution is 0.596. The summed E-state index contributed by atoms with van der Waals surface area (Å²) in [7, 11) is -2.47. The van der Waals surface area contributed by atoms with Crippen LogP contribution in [0.2, 0.25) is 0 Å². The highest BCUT2D eigenvalue weighted by molar-refractivity contribution is 9.08. The predicted octanol–water partition coefficient (Wildman–Crippen LogP) is 3.40. The van der Waals surface area contributed by atoms with E-state index in [9.17, 15) is 16.8 Å². The first-order valence-electron chi connectivity index (χ1n) is 5.18. The summed E-state index contributed by atoms with van der Waals surface area (Å²) in [5.74, 6) is 0. The standard InChI is InChI=1S/C11H8BrClO4S3/c12-6-8-2-1-3-9(4-8)19(14,15)10-5-11(18-7-10)20(13,16)17/h1-5,7H,6H2. The summed E-state index contributed by atoms with van der Waals surface area (Å²) in [6.45, 7) is 0. The zero-order chi connectivity index (χ0) is 15.0. The van der Waals surface area contributed by atoms with Gasteiger partial charge in [-0.15, -0.1) is 11.3 Å². The maximum absolute atomic E-state index is 12.4. The Bertz CT molecular complexity index is 840. The molecule has 2 rings (SSSR count). The smallest absolute Gasteiger partial charge is 0.218 e. The monoisotopic (exact) mass is 414 g/mol. The van der Waals surface area contributed by atoms with Gasteiger partial charge in [0.2, 0.25) is 9.84 Å². The first-order chi connectivity index (χ1) is 9.25. The van der Waals surface area contributed by atoms with Crippen LogP contribution in [0, 0.1) is 0 Å². The minimum atomic E-state index is -3.92. The molecule has 0 amide bonds. The molecule has 1 aromatic carbocycles. The average molecular weight is 416 g/mol. The molecule has 0 atom stereocenters. The lowest BCUT2D eigenvalue weighted by Gasteiger charge is -2.03. The molecule has 20 heavy (non-hydrogen) atoms. The quantitative estimate of drug-likeness (QED) is 0.567. The number of benzene rings is 1. The van der Waals surface area contributed by atoms with E-state index in [4.69, 9.17) is 10.7 Å². The maximum atomic E-state index is 12.4. The molecule has 0 radical (unpaired) electrons. The van der Waals surface area contributed by atoms with Crippen LogP contribution in [0.15, 0.2) is 49.7 Å². The van der Waals surface area contributed by atoms with Crippen molar-refractivity contribution in [2.24, 2.45) is 0 Å². The summed E-state index contributed by atoms with van der Waals surface area (Å²) in [6.07, 6.45) is 0. The zero-order valence-electron chi connectivity index (χ0n) is 9.78. The summed E-state index contributed by atoms with van der Waals surface area (Å²) in [5.41, 5.74) is 0.812. The molecule has 0 N–H and O–H groups in total. The van der Waals surface area contributed by atoms with Crippen molar-refractivity contribution in [2.75, 3.05) is 0 Å². The third-order valence-electron chi connectivity index (χ3n) is 2.47. The van der Waals surface area contributed by atoms with Gasteiger partial charge >= 0.3 is 0 Å². The highest BCUT2D eigenvalue weighted by atomic mass is 79.9. The highest BCUT2D eigenvalue weighted by Crippen LogP contribution is 2.30. The zero-order valence-corrected chi connectivity index (χ0v) is 14.6. The van der Waals surface area contributed by atoms with Crippen LogP contribution < -0.4 is 0 Å². The van der Waals surface area contributed by atoms with E-state index in [1.165, 1.54) is 17.5 Å². The van der Waals surface area contributed by atoms with Gasteiger partial charge in [0.15, 0.2) is 0 Å². The van der Waals surface area contributed by atoms with Gasteiger partial charge in [-0.05, 0) is 23.8 Å². The third kappa shape index (κ3) is 3.25. The fourth-order valence-corrected chi connectivity index (χ4v) is 5.59. The van der Waals surface area contributed by atoms with Crippen molar-refractivity contribution in [3.05, 3.63) is 41.3 Å². The van der Waals surface area contributed by atoms with Gasteiger partial charge < -0.3 is 0 Å². The number of thiophene rings is 1. The van der Waals surface area contributed by atoms with Crippen molar-refractivity contribution in [2.45, 2.75) is 19.3 Å². The molecule has 0 aliphatic carbocycles. The van der Waals surface area contributed by atoms with Gasteiger partial charge in [-0.3, -0.25) is 0 Å². The van der Waals surface area contributed by atoms with Gasteiger partial charge in [0.05, 0.1) is 9.79 Å². The molecule has 0 bridgehead atoms. The summed E-state index contributed by atoms with van der Waals surface area (Å²) < 4.78 is 47.0. The predicted molar refractivity (Wildman–Crippen MR) is 81.9 cm³/mol. The van der Waals surface area contributed by atoms with E-state index in [0.717, 1.165) is 23.0 Å². The molecule has 0 saturated carbocycles. The largest absolute Gasteiger partial charge is 0.270 e. The van der Waals surface area contributed by atoms with Gasteiger partial charge in [-0.1, -0.05) is 28.1 Å². The van der Waals surface area contributed by atoms with Crippen LogP contribution in [0.5, 0.6) is 0 Å². The number of halogens is 2. The van der Waals surface area contributed by atoms with Crippen LogP contribution in [0.25, 0.3) is 0 Å². The second-order valence-electron chi connectivity index (χ2n) is 3.82. The number of hydrogen-bond donors (Lipinski definition) is 0. The molecule has 0 saturated heterocycles. The van der Waals surface area contributed by atoms with Crippen molar-refractivity contribution in [1.82, 2.24) is 0 Å². The second-order valence-corrected chi connectivity index (χ2v) is 10.0. The van der Waals surface area contributed by atoms with Gasteiger partial charge in [0.25, 0.3) is 9.05 Å². The second kappa shape index (κ2) is 5.76. The Kier molecular flexibility index (Phi) is 4.60. The molecule has 0 fully saturated rings. The van der Waals surface area contributed by atoms with E-state index < -0.39 is 18.9 Å².